The fraction of sp³-hybridized carbons (Fsp3) is 0.700. The van der Waals surface area contributed by atoms with Crippen molar-refractivity contribution in [3.8, 4) is 0 Å². The fourth-order valence-corrected chi connectivity index (χ4v) is 4.63. The first-order valence-electron chi connectivity index (χ1n) is 10.1. The number of nitrogens with one attached hydrogen (secondary N) is 1. The number of likely N-dealkylation sites (tertiary alicyclic amines) is 1. The second-order valence-corrected chi connectivity index (χ2v) is 8.59. The molecule has 0 atom stereocenters. The van der Waals surface area contributed by atoms with Gasteiger partial charge in [-0.05, 0) is 57.1 Å². The highest BCUT2D eigenvalue weighted by atomic mass is 79.9. The molecule has 2 fully saturated rings. The van der Waals surface area contributed by atoms with Crippen LogP contribution in [0.5, 0.6) is 0 Å². The highest BCUT2D eigenvalue weighted by Crippen LogP contribution is 2.31. The molecule has 6 nitrogen and oxygen atoms in total. The van der Waals surface area contributed by atoms with Gasteiger partial charge in [0.2, 0.25) is 0 Å². The lowest BCUT2D eigenvalue weighted by Gasteiger charge is -2.41. The quantitative estimate of drug-likeness (QED) is 0.479. The molecule has 1 aliphatic carbocycles. The minimum Gasteiger partial charge on any atom is -0.378 e. The van der Waals surface area contributed by atoms with Crippen molar-refractivity contribution in [3.63, 3.8) is 0 Å². The van der Waals surface area contributed by atoms with Crippen molar-refractivity contribution >= 4 is 27.3 Å². The van der Waals surface area contributed by atoms with E-state index in [1.807, 2.05) is 6.07 Å². The summed E-state index contributed by atoms with van der Waals surface area (Å²) in [6.45, 7) is 5.16. The van der Waals surface area contributed by atoms with Gasteiger partial charge < -0.3 is 15.0 Å². The zero-order valence-electron chi connectivity index (χ0n) is 16.0. The molecule has 1 heterocycles. The van der Waals surface area contributed by atoms with Crippen LogP contribution >= 0.6 is 15.9 Å². The van der Waals surface area contributed by atoms with E-state index in [-0.39, 0.29) is 10.6 Å². The molecule has 1 aliphatic heterocycles. The van der Waals surface area contributed by atoms with E-state index in [9.17, 15) is 10.1 Å². The molecule has 1 aromatic rings. The smallest absolute Gasteiger partial charge is 0.292 e. The number of hydrogen-bond acceptors (Lipinski definition) is 5. The monoisotopic (exact) mass is 439 g/mol. The van der Waals surface area contributed by atoms with Crippen LogP contribution in [0.2, 0.25) is 0 Å². The molecule has 0 radical (unpaired) electrons. The lowest BCUT2D eigenvalue weighted by Crippen LogP contribution is -2.46. The van der Waals surface area contributed by atoms with E-state index in [2.05, 4.69) is 33.1 Å². The van der Waals surface area contributed by atoms with E-state index in [1.54, 1.807) is 12.1 Å². The predicted octanol–water partition coefficient (Wildman–Crippen LogP) is 4.97. The van der Waals surface area contributed by atoms with Crippen molar-refractivity contribution in [2.45, 2.75) is 70.1 Å². The first-order chi connectivity index (χ1) is 13.1. The van der Waals surface area contributed by atoms with Gasteiger partial charge in [-0.25, -0.2) is 0 Å². The first-order valence-corrected chi connectivity index (χ1v) is 10.9. The van der Waals surface area contributed by atoms with Crippen LogP contribution in [0, 0.1) is 10.1 Å². The SMILES string of the molecule is CCCOC1CCC(N2CCC(Nc3cc(Br)ccc3[N+](=O)[O-])CC2)CC1. The Morgan fingerprint density at radius 2 is 1.93 bits per heavy atom. The van der Waals surface area contributed by atoms with Crippen LogP contribution in [-0.2, 0) is 4.74 Å². The number of piperidine rings is 1. The summed E-state index contributed by atoms with van der Waals surface area (Å²) in [5.74, 6) is 0. The summed E-state index contributed by atoms with van der Waals surface area (Å²) < 4.78 is 6.76. The Morgan fingerprint density at radius 3 is 2.56 bits per heavy atom. The second kappa shape index (κ2) is 9.85. The van der Waals surface area contributed by atoms with E-state index in [0.29, 0.717) is 23.9 Å². The summed E-state index contributed by atoms with van der Waals surface area (Å²) >= 11 is 3.41. The maximum Gasteiger partial charge on any atom is 0.292 e. The van der Waals surface area contributed by atoms with Crippen molar-refractivity contribution in [1.82, 2.24) is 4.90 Å². The first kappa shape index (κ1) is 20.6. The van der Waals surface area contributed by atoms with Gasteiger partial charge in [0, 0.05) is 42.3 Å². The molecule has 27 heavy (non-hydrogen) atoms. The van der Waals surface area contributed by atoms with Gasteiger partial charge in [-0.2, -0.15) is 0 Å². The molecule has 150 valence electrons. The van der Waals surface area contributed by atoms with E-state index in [1.165, 1.54) is 25.7 Å². The van der Waals surface area contributed by atoms with Crippen LogP contribution in [0.15, 0.2) is 22.7 Å². The second-order valence-electron chi connectivity index (χ2n) is 7.67. The van der Waals surface area contributed by atoms with Gasteiger partial charge in [0.1, 0.15) is 5.69 Å². The number of benzene rings is 1. The molecule has 0 aromatic heterocycles. The lowest BCUT2D eigenvalue weighted by atomic mass is 9.90. The topological polar surface area (TPSA) is 67.6 Å². The Morgan fingerprint density at radius 1 is 1.22 bits per heavy atom. The molecular formula is C20H30BrN3O3. The standard InChI is InChI=1S/C20H30BrN3O3/c1-2-13-27-18-6-4-17(5-7-18)23-11-9-16(10-12-23)22-19-14-15(21)3-8-20(19)24(25)26/h3,8,14,16-18,22H,2,4-7,9-13H2,1H3. The van der Waals surface area contributed by atoms with Crippen LogP contribution in [0.4, 0.5) is 11.4 Å². The molecule has 1 saturated heterocycles. The summed E-state index contributed by atoms with van der Waals surface area (Å²) in [4.78, 5) is 13.6. The summed E-state index contributed by atoms with van der Waals surface area (Å²) in [5, 5.41) is 14.7. The average Bonchev–Trinajstić information content (AvgIpc) is 2.67. The summed E-state index contributed by atoms with van der Waals surface area (Å²) in [7, 11) is 0. The molecule has 1 saturated carbocycles. The minimum absolute atomic E-state index is 0.144. The highest BCUT2D eigenvalue weighted by Gasteiger charge is 2.29. The third-order valence-electron chi connectivity index (χ3n) is 5.76. The molecule has 3 rings (SSSR count). The van der Waals surface area contributed by atoms with Crippen LogP contribution in [0.1, 0.15) is 51.9 Å². The third-order valence-corrected chi connectivity index (χ3v) is 6.26. The van der Waals surface area contributed by atoms with Crippen LogP contribution < -0.4 is 5.32 Å². The molecule has 1 aromatic carbocycles. The van der Waals surface area contributed by atoms with E-state index in [4.69, 9.17) is 4.74 Å². The average molecular weight is 440 g/mol. The molecule has 2 aliphatic rings. The molecule has 0 amide bonds. The molecule has 0 spiro atoms. The number of ether oxygens (including phenoxy) is 1. The Bertz CT molecular complexity index is 627. The van der Waals surface area contributed by atoms with E-state index >= 15 is 0 Å². The summed E-state index contributed by atoms with van der Waals surface area (Å²) in [6, 6.07) is 6.04. The van der Waals surface area contributed by atoms with E-state index < -0.39 is 0 Å². The highest BCUT2D eigenvalue weighted by molar-refractivity contribution is 9.10. The number of nitrogens with zero attached hydrogens (tertiary/aromatic N) is 2. The van der Waals surface area contributed by atoms with Crippen molar-refractivity contribution < 1.29 is 9.66 Å². The van der Waals surface area contributed by atoms with Gasteiger partial charge in [0.05, 0.1) is 11.0 Å². The molecule has 0 unspecified atom stereocenters. The van der Waals surface area contributed by atoms with Gasteiger partial charge >= 0.3 is 0 Å². The summed E-state index contributed by atoms with van der Waals surface area (Å²) in [5.41, 5.74) is 0.757. The maximum atomic E-state index is 11.3. The zero-order valence-corrected chi connectivity index (χ0v) is 17.6. The maximum absolute atomic E-state index is 11.3. The van der Waals surface area contributed by atoms with E-state index in [0.717, 1.165) is 43.4 Å². The number of nitro groups is 1. The van der Waals surface area contributed by atoms with Gasteiger partial charge in [-0.15, -0.1) is 0 Å². The predicted molar refractivity (Wildman–Crippen MR) is 111 cm³/mol. The molecule has 7 heteroatoms. The number of halogens is 1. The van der Waals surface area contributed by atoms with Crippen molar-refractivity contribution in [1.29, 1.82) is 0 Å². The lowest BCUT2D eigenvalue weighted by molar-refractivity contribution is -0.384. The van der Waals surface area contributed by atoms with Gasteiger partial charge in [-0.3, -0.25) is 10.1 Å². The number of hydrogen-bond donors (Lipinski definition) is 1. The van der Waals surface area contributed by atoms with Crippen molar-refractivity contribution in [2.75, 3.05) is 25.0 Å². The Balaban J connectivity index is 1.47. The summed E-state index contributed by atoms with van der Waals surface area (Å²) in [6.07, 6.45) is 8.40. The Kier molecular flexibility index (Phi) is 7.49. The molecular weight excluding hydrogens is 410 g/mol. The van der Waals surface area contributed by atoms with Gasteiger partial charge in [0.25, 0.3) is 5.69 Å². The van der Waals surface area contributed by atoms with Crippen molar-refractivity contribution in [3.05, 3.63) is 32.8 Å². The minimum atomic E-state index is -0.317. The molecule has 1 N–H and O–H groups in total. The van der Waals surface area contributed by atoms with Gasteiger partial charge in [0.15, 0.2) is 0 Å². The normalized spacial score (nSPS) is 24.7. The number of anilines is 1. The Labute approximate surface area is 169 Å². The fourth-order valence-electron chi connectivity index (χ4n) is 4.27. The van der Waals surface area contributed by atoms with Gasteiger partial charge in [-0.1, -0.05) is 22.9 Å². The van der Waals surface area contributed by atoms with Crippen molar-refractivity contribution in [2.24, 2.45) is 0 Å². The third kappa shape index (κ3) is 5.65. The van der Waals surface area contributed by atoms with Crippen LogP contribution in [0.25, 0.3) is 0 Å². The molecule has 0 bridgehead atoms. The zero-order chi connectivity index (χ0) is 19.2. The van der Waals surface area contributed by atoms with Crippen LogP contribution in [-0.4, -0.2) is 47.7 Å². The van der Waals surface area contributed by atoms with Crippen LogP contribution in [0.3, 0.4) is 0 Å². The number of rotatable bonds is 7. The Hall–Kier alpha value is -1.18. The largest absolute Gasteiger partial charge is 0.378 e. The number of nitro benzene ring substituents is 1.